The maximum atomic E-state index is 14.1. The quantitative estimate of drug-likeness (QED) is 0.141. The van der Waals surface area contributed by atoms with Crippen LogP contribution in [0.5, 0.6) is 0 Å². The number of aromatic nitrogens is 2. The average Bonchev–Trinajstić information content (AvgIpc) is 3.49. The molecule has 51 heavy (non-hydrogen) atoms. The molecule has 2 aromatic carbocycles. The number of benzene rings is 2. The van der Waals surface area contributed by atoms with Gasteiger partial charge in [-0.3, -0.25) is 9.97 Å². The minimum atomic E-state index is -0.550. The predicted octanol–water partition coefficient (Wildman–Crippen LogP) is 8.78. The van der Waals surface area contributed by atoms with E-state index in [0.29, 0.717) is 60.4 Å². The fourth-order valence-electron chi connectivity index (χ4n) is 5.12. The molecule has 4 aromatic rings. The molecule has 0 unspecified atom stereocenters. The highest BCUT2D eigenvalue weighted by molar-refractivity contribution is 6.33. The first-order valence-electron chi connectivity index (χ1n) is 15.4. The van der Waals surface area contributed by atoms with Crippen molar-refractivity contribution < 1.29 is 22.4 Å². The molecule has 0 bridgehead atoms. The normalized spacial score (nSPS) is 14.5. The topological polar surface area (TPSA) is 103 Å². The van der Waals surface area contributed by atoms with Gasteiger partial charge in [-0.2, -0.15) is 0 Å². The lowest BCUT2D eigenvalue weighted by Gasteiger charge is -2.24. The molecule has 0 radical (unpaired) electrons. The number of carbonyl (C=O) groups is 1. The number of anilines is 4. The number of nitrogen functional groups attached to an aromatic ring is 1. The molecule has 0 spiro atoms. The lowest BCUT2D eigenvalue weighted by atomic mass is 10.3. The Morgan fingerprint density at radius 3 is 1.80 bits per heavy atom. The number of nitrogens with one attached hydrogen (secondary N) is 2. The highest BCUT2D eigenvalue weighted by atomic mass is 35.5. The van der Waals surface area contributed by atoms with Crippen molar-refractivity contribution in [1.29, 1.82) is 0 Å². The number of hydrogen-bond donors (Lipinski definition) is 3. The van der Waals surface area contributed by atoms with E-state index in [2.05, 4.69) is 20.6 Å². The smallest absolute Gasteiger partial charge is 0.321 e. The minimum absolute atomic E-state index is 0. The highest BCUT2D eigenvalue weighted by Crippen LogP contribution is 2.30. The van der Waals surface area contributed by atoms with Gasteiger partial charge in [-0.25, -0.2) is 22.4 Å². The van der Waals surface area contributed by atoms with Crippen LogP contribution in [0.15, 0.2) is 61.2 Å². The Bertz CT molecular complexity index is 1710. The average molecular weight is 793 g/mol. The van der Waals surface area contributed by atoms with Gasteiger partial charge in [-0.1, -0.05) is 53.8 Å². The molecule has 2 aromatic heterocycles. The second kappa shape index (κ2) is 20.3. The number of nitrogens with zero attached hydrogens (tertiary/aromatic N) is 5. The minimum Gasteiger partial charge on any atom is -0.399 e. The molecule has 2 fully saturated rings. The van der Waals surface area contributed by atoms with Gasteiger partial charge < -0.3 is 31.1 Å². The molecule has 2 aliphatic rings. The summed E-state index contributed by atoms with van der Waals surface area (Å²) in [6, 6.07) is 7.72. The van der Waals surface area contributed by atoms with Crippen molar-refractivity contribution in [3.63, 3.8) is 0 Å². The molecule has 17 heteroatoms. The third-order valence-electron chi connectivity index (χ3n) is 7.53. The van der Waals surface area contributed by atoms with Gasteiger partial charge >= 0.3 is 6.03 Å². The highest BCUT2D eigenvalue weighted by Gasteiger charge is 2.23. The molecule has 276 valence electrons. The summed E-state index contributed by atoms with van der Waals surface area (Å²) in [5, 5.41) is 6.58. The van der Waals surface area contributed by atoms with Crippen LogP contribution in [0.3, 0.4) is 0 Å². The third-order valence-corrected chi connectivity index (χ3v) is 8.66. The van der Waals surface area contributed by atoms with Crippen LogP contribution in [0.4, 0.5) is 45.1 Å². The number of halogens is 8. The second-order valence-corrected chi connectivity index (χ2v) is 12.7. The zero-order valence-corrected chi connectivity index (χ0v) is 29.6. The molecular weight excluding hydrogens is 754 g/mol. The van der Waals surface area contributed by atoms with Crippen LogP contribution in [-0.2, 0) is 0 Å². The fourth-order valence-corrected chi connectivity index (χ4v) is 6.02. The van der Waals surface area contributed by atoms with Crippen molar-refractivity contribution in [2.75, 3.05) is 73.2 Å². The molecule has 9 nitrogen and oxygen atoms in total. The van der Waals surface area contributed by atoms with E-state index < -0.39 is 17.5 Å². The van der Waals surface area contributed by atoms with Crippen molar-refractivity contribution in [2.45, 2.75) is 20.3 Å². The molecule has 0 aliphatic carbocycles. The van der Waals surface area contributed by atoms with E-state index in [4.69, 9.17) is 52.1 Å². The van der Waals surface area contributed by atoms with Gasteiger partial charge in [0.15, 0.2) is 11.6 Å². The van der Waals surface area contributed by atoms with Crippen LogP contribution < -0.4 is 26.2 Å². The van der Waals surface area contributed by atoms with Crippen LogP contribution in [0, 0.1) is 23.3 Å². The molecule has 4 N–H and O–H groups in total. The lowest BCUT2D eigenvalue weighted by molar-refractivity contribution is 0.215. The summed E-state index contributed by atoms with van der Waals surface area (Å²) >= 11 is 23.1. The summed E-state index contributed by atoms with van der Waals surface area (Å²) in [6.07, 6.45) is 6.86. The monoisotopic (exact) mass is 790 g/mol. The zero-order chi connectivity index (χ0) is 36.2. The zero-order valence-electron chi connectivity index (χ0n) is 26.6. The Labute approximate surface area is 314 Å². The predicted molar refractivity (Wildman–Crippen MR) is 199 cm³/mol. The summed E-state index contributed by atoms with van der Waals surface area (Å²) in [5.74, 6) is -1.82. The molecule has 6 rings (SSSR count). The van der Waals surface area contributed by atoms with Gasteiger partial charge in [-0.15, -0.1) is 0 Å². The Morgan fingerprint density at radius 2 is 1.24 bits per heavy atom. The number of rotatable bonds is 3. The molecule has 0 saturated carbocycles. The maximum absolute atomic E-state index is 14.1. The Kier molecular flexibility index (Phi) is 16.6. The summed E-state index contributed by atoms with van der Waals surface area (Å²) < 4.78 is 53.1. The van der Waals surface area contributed by atoms with Crippen LogP contribution in [0.2, 0.25) is 20.1 Å². The summed E-state index contributed by atoms with van der Waals surface area (Å²) in [7, 11) is 0. The van der Waals surface area contributed by atoms with Gasteiger partial charge in [0.2, 0.25) is 0 Å². The number of pyridine rings is 2. The number of carbonyl (C=O) groups excluding carboxylic acids is 1. The Balaban J connectivity index is 0.000000236. The van der Waals surface area contributed by atoms with Crippen molar-refractivity contribution in [3.05, 3.63) is 105 Å². The number of amides is 2. The van der Waals surface area contributed by atoms with Crippen molar-refractivity contribution in [2.24, 2.45) is 0 Å². The van der Waals surface area contributed by atoms with Crippen LogP contribution in [0.1, 0.15) is 20.3 Å². The van der Waals surface area contributed by atoms with Crippen molar-refractivity contribution in [1.82, 2.24) is 20.2 Å². The van der Waals surface area contributed by atoms with E-state index in [1.165, 1.54) is 55.0 Å². The van der Waals surface area contributed by atoms with E-state index in [1.807, 2.05) is 4.90 Å². The van der Waals surface area contributed by atoms with E-state index in [9.17, 15) is 22.4 Å². The Hall–Kier alpha value is -3.75. The molecule has 2 saturated heterocycles. The Morgan fingerprint density at radius 1 is 0.667 bits per heavy atom. The fraction of sp³-hybridized carbons (Fsp3) is 0.324. The van der Waals surface area contributed by atoms with E-state index in [0.717, 1.165) is 38.8 Å². The first-order valence-corrected chi connectivity index (χ1v) is 17.0. The van der Waals surface area contributed by atoms with Crippen LogP contribution in [-0.4, -0.2) is 73.3 Å². The molecular formula is C34H38Cl4F4N8O. The van der Waals surface area contributed by atoms with Crippen LogP contribution >= 0.6 is 46.4 Å². The van der Waals surface area contributed by atoms with E-state index >= 15 is 0 Å². The SMILES string of the molecule is C.Fc1cncc(Cl)c1N1CCCNCC1.Nc1ccc(F)c(Cl)c1.O=C(Nc1ccc(F)c(Cl)c1)N1CCCN(c2c(F)cncc2Cl)CC1. The van der Waals surface area contributed by atoms with Crippen molar-refractivity contribution in [3.8, 4) is 0 Å². The summed E-state index contributed by atoms with van der Waals surface area (Å²) in [4.78, 5) is 25.3. The largest absolute Gasteiger partial charge is 0.399 e. The van der Waals surface area contributed by atoms with Crippen molar-refractivity contribution >= 4 is 75.2 Å². The molecule has 2 amide bonds. The van der Waals surface area contributed by atoms with Gasteiger partial charge in [0.1, 0.15) is 11.6 Å². The van der Waals surface area contributed by atoms with Gasteiger partial charge in [-0.05, 0) is 55.8 Å². The lowest BCUT2D eigenvalue weighted by Crippen LogP contribution is -2.38. The number of urea groups is 1. The molecule has 4 heterocycles. The number of nitrogens with two attached hydrogens (primary N) is 1. The molecule has 2 aliphatic heterocycles. The van der Waals surface area contributed by atoms with Gasteiger partial charge in [0, 0.05) is 69.6 Å². The standard InChI is InChI=1S/C17H16Cl2F2N4O.C10H13ClFN3.C6H5ClFN.CH4/c18-12-8-11(2-3-14(12)20)23-17(26)25-5-1-4-24(6-7-25)16-13(19)9-22-10-15(16)21;11-8-6-14-7-9(12)10(8)15-4-1-2-13-3-5-15;7-5-3-4(9)1-2-6(5)8;/h2-3,8-10H,1,4-7H2,(H,23,26);6-7,13H,1-5H2;1-3H,9H2;1H4. The maximum Gasteiger partial charge on any atom is 0.321 e. The van der Waals surface area contributed by atoms with Crippen LogP contribution in [0.25, 0.3) is 0 Å². The van der Waals surface area contributed by atoms with Gasteiger partial charge in [0.25, 0.3) is 0 Å². The van der Waals surface area contributed by atoms with E-state index in [-0.39, 0.29) is 34.3 Å². The third kappa shape index (κ3) is 12.2. The molecule has 0 atom stereocenters. The summed E-state index contributed by atoms with van der Waals surface area (Å²) in [6.45, 7) is 5.32. The first kappa shape index (κ1) is 41.7. The number of hydrogen-bond acceptors (Lipinski definition) is 7. The second-order valence-electron chi connectivity index (χ2n) is 11.1. The summed E-state index contributed by atoms with van der Waals surface area (Å²) in [5.41, 5.74) is 6.94. The van der Waals surface area contributed by atoms with Gasteiger partial charge in [0.05, 0.1) is 43.9 Å². The first-order chi connectivity index (χ1) is 23.9. The van der Waals surface area contributed by atoms with E-state index in [1.54, 1.807) is 9.80 Å².